The summed E-state index contributed by atoms with van der Waals surface area (Å²) in [5, 5.41) is 0. The molecular weight excluding hydrogens is 360 g/mol. The first-order valence-electron chi connectivity index (χ1n) is 6.08. The average molecular weight is 387 g/mol. The van der Waals surface area contributed by atoms with Crippen molar-refractivity contribution in [2.45, 2.75) is 57.1 Å². The summed E-state index contributed by atoms with van der Waals surface area (Å²) in [7, 11) is 1.36. The molecule has 1 atom stereocenters. The summed E-state index contributed by atoms with van der Waals surface area (Å²) in [6.45, 7) is 16.2. The van der Waals surface area contributed by atoms with Gasteiger partial charge >= 0.3 is 112 Å². The number of rotatable bonds is 2. The van der Waals surface area contributed by atoms with Crippen LogP contribution in [0, 0.1) is 0 Å². The van der Waals surface area contributed by atoms with Crippen molar-refractivity contribution < 1.29 is 46.0 Å². The Bertz CT molecular complexity index is 360. The van der Waals surface area contributed by atoms with Crippen LogP contribution >= 0.6 is 0 Å². The minimum Gasteiger partial charge on any atom is -1.00 e. The third-order valence-corrected chi connectivity index (χ3v) is 19.3. The maximum Gasteiger partial charge on any atom is -1.00 e. The molecule has 0 saturated heterocycles. The van der Waals surface area contributed by atoms with Gasteiger partial charge in [0.15, 0.2) is 0 Å². The van der Waals surface area contributed by atoms with Gasteiger partial charge in [0.2, 0.25) is 0 Å². The van der Waals surface area contributed by atoms with Crippen molar-refractivity contribution in [3.8, 4) is 0 Å². The average Bonchev–Trinajstić information content (AvgIpc) is 2.29. The zero-order valence-corrected chi connectivity index (χ0v) is 18.8. The first-order valence-corrected chi connectivity index (χ1v) is 16.9. The Morgan fingerprint density at radius 2 is 1.61 bits per heavy atom. The van der Waals surface area contributed by atoms with Gasteiger partial charge in [0.05, 0.1) is 0 Å². The molecule has 0 aromatic heterocycles. The van der Waals surface area contributed by atoms with E-state index in [1.54, 1.807) is 5.57 Å². The molecule has 1 unspecified atom stereocenters. The normalized spacial score (nSPS) is 23.4. The molecule has 1 aliphatic carbocycles. The van der Waals surface area contributed by atoms with Gasteiger partial charge < -0.3 is 24.8 Å². The molecule has 0 amide bonds. The Labute approximate surface area is 136 Å². The van der Waals surface area contributed by atoms with Gasteiger partial charge in [-0.1, -0.05) is 0 Å². The molecule has 0 aromatic carbocycles. The van der Waals surface area contributed by atoms with Crippen molar-refractivity contribution in [2.75, 3.05) is 0 Å². The van der Waals surface area contributed by atoms with Crippen molar-refractivity contribution >= 4 is 7.37 Å². The van der Waals surface area contributed by atoms with Crippen LogP contribution in [0.4, 0.5) is 0 Å². The zero-order chi connectivity index (χ0) is 12.7. The van der Waals surface area contributed by atoms with Crippen molar-refractivity contribution in [3.05, 3.63) is 22.8 Å². The van der Waals surface area contributed by atoms with Crippen LogP contribution in [-0.4, -0.2) is 12.9 Å². The fourth-order valence-corrected chi connectivity index (χ4v) is 16.2. The number of allylic oxidation sites excluding steroid dienone is 4. The Balaban J connectivity index is 0. The SMILES string of the molecule is CC1=C[C](C)([Zr+2]([SiH3])[NH]C(C)(C)C)C(C)=C1C.[Cl-].[Cl-]. The fraction of sp³-hybridized carbons (Fsp3) is 0.692. The summed E-state index contributed by atoms with van der Waals surface area (Å²) >= 11 is -1.49. The number of nitrogens with one attached hydrogen (secondary N) is 1. The van der Waals surface area contributed by atoms with Crippen LogP contribution in [-0.2, 0) is 21.2 Å². The van der Waals surface area contributed by atoms with Gasteiger partial charge in [-0.25, -0.2) is 0 Å². The molecule has 1 nitrogen and oxygen atoms in total. The van der Waals surface area contributed by atoms with Crippen molar-refractivity contribution in [3.63, 3.8) is 0 Å². The quantitative estimate of drug-likeness (QED) is 0.490. The molecule has 18 heavy (non-hydrogen) atoms. The second kappa shape index (κ2) is 7.22. The second-order valence-corrected chi connectivity index (χ2v) is 18.4. The molecule has 0 fully saturated rings. The number of halogens is 2. The third-order valence-electron chi connectivity index (χ3n) is 3.78. The Morgan fingerprint density at radius 1 is 1.17 bits per heavy atom. The van der Waals surface area contributed by atoms with Crippen LogP contribution in [0.1, 0.15) is 48.5 Å². The monoisotopic (exact) mass is 384 g/mol. The van der Waals surface area contributed by atoms with Crippen LogP contribution in [0.25, 0.3) is 0 Å². The molecular formula is C13H26Cl2NSiZr. The van der Waals surface area contributed by atoms with E-state index < -0.39 is 21.2 Å². The molecule has 0 heterocycles. The predicted molar refractivity (Wildman–Crippen MR) is 73.3 cm³/mol. The molecule has 5 heteroatoms. The van der Waals surface area contributed by atoms with Gasteiger partial charge in [0, 0.05) is 0 Å². The van der Waals surface area contributed by atoms with Crippen LogP contribution < -0.4 is 28.1 Å². The largest absolute Gasteiger partial charge is 1.00 e. The predicted octanol–water partition coefficient (Wildman–Crippen LogP) is -3.33. The minimum absolute atomic E-state index is 0. The van der Waals surface area contributed by atoms with E-state index in [0.717, 1.165) is 0 Å². The number of hydrogen-bond acceptors (Lipinski definition) is 1. The molecule has 0 saturated carbocycles. The molecule has 0 aromatic rings. The Morgan fingerprint density at radius 3 is 1.89 bits per heavy atom. The molecule has 105 valence electrons. The Hall–Kier alpha value is 1.12. The molecule has 0 bridgehead atoms. The summed E-state index contributed by atoms with van der Waals surface area (Å²) in [6, 6.07) is 0. The summed E-state index contributed by atoms with van der Waals surface area (Å²) in [5.41, 5.74) is 4.96. The molecule has 0 aliphatic heterocycles. The van der Waals surface area contributed by atoms with E-state index >= 15 is 0 Å². The zero-order valence-electron chi connectivity index (χ0n) is 12.8. The minimum atomic E-state index is -1.49. The summed E-state index contributed by atoms with van der Waals surface area (Å²) < 4.78 is 4.38. The topological polar surface area (TPSA) is 12.0 Å². The van der Waals surface area contributed by atoms with Gasteiger partial charge in [-0.05, 0) is 0 Å². The van der Waals surface area contributed by atoms with E-state index in [2.05, 4.69) is 57.8 Å². The second-order valence-electron chi connectivity index (χ2n) is 6.28. The van der Waals surface area contributed by atoms with Crippen LogP contribution in [0.5, 0.6) is 0 Å². The molecule has 0 radical (unpaired) electrons. The summed E-state index contributed by atoms with van der Waals surface area (Å²) in [6.07, 6.45) is 2.54. The van der Waals surface area contributed by atoms with Crippen LogP contribution in [0.15, 0.2) is 22.8 Å². The number of hydrogen-bond donors (Lipinski definition) is 1. The van der Waals surface area contributed by atoms with E-state index in [4.69, 9.17) is 0 Å². The molecule has 1 rings (SSSR count). The van der Waals surface area contributed by atoms with E-state index in [0.29, 0.717) is 3.12 Å². The van der Waals surface area contributed by atoms with Crippen molar-refractivity contribution in [2.24, 2.45) is 0 Å². The van der Waals surface area contributed by atoms with Gasteiger partial charge in [0.1, 0.15) is 0 Å². The van der Waals surface area contributed by atoms with Crippen molar-refractivity contribution in [1.29, 1.82) is 0 Å². The summed E-state index contributed by atoms with van der Waals surface area (Å²) in [4.78, 5) is 0. The molecule has 1 aliphatic rings. The van der Waals surface area contributed by atoms with E-state index in [9.17, 15) is 0 Å². The molecule has 1 N–H and O–H groups in total. The maximum atomic E-state index is 3.95. The third kappa shape index (κ3) is 4.59. The van der Waals surface area contributed by atoms with Gasteiger partial charge in [-0.15, -0.1) is 0 Å². The molecule has 0 spiro atoms. The van der Waals surface area contributed by atoms with Crippen LogP contribution in [0.2, 0.25) is 3.12 Å². The standard InChI is InChI=1S/C9H13.C4H10N.2ClH.H3Si.Zr/c1-6-5-7(2)9(4)8(6)3;1-4(2,3)5;;;;/h5H,1-4H3;5H,1-3H3;2*1H;1H3;/q;-1;;;;+3/p-2. The van der Waals surface area contributed by atoms with Crippen LogP contribution in [0.3, 0.4) is 0 Å². The summed E-state index contributed by atoms with van der Waals surface area (Å²) in [5.74, 6) is 0. The van der Waals surface area contributed by atoms with Gasteiger partial charge in [-0.2, -0.15) is 0 Å². The Kier molecular flexibility index (Phi) is 8.59. The van der Waals surface area contributed by atoms with E-state index in [1.165, 1.54) is 18.5 Å². The smallest absolute Gasteiger partial charge is 1.00 e. The fourth-order valence-electron chi connectivity index (χ4n) is 2.42. The first-order chi connectivity index (χ1) is 7.08. The van der Waals surface area contributed by atoms with Gasteiger partial charge in [0.25, 0.3) is 0 Å². The first kappa shape index (κ1) is 21.4. The van der Waals surface area contributed by atoms with Crippen molar-refractivity contribution in [1.82, 2.24) is 3.26 Å². The maximum absolute atomic E-state index is 3.95. The van der Waals surface area contributed by atoms with E-state index in [-0.39, 0.29) is 30.4 Å². The van der Waals surface area contributed by atoms with E-state index in [1.807, 2.05) is 0 Å². The van der Waals surface area contributed by atoms with Gasteiger partial charge in [-0.3, -0.25) is 0 Å².